The van der Waals surface area contributed by atoms with Gasteiger partial charge in [0, 0.05) is 16.0 Å². The Balaban J connectivity index is 2.19. The van der Waals surface area contributed by atoms with E-state index in [2.05, 4.69) is 6.58 Å². The summed E-state index contributed by atoms with van der Waals surface area (Å²) in [6, 6.07) is 3.27. The first-order valence-electron chi connectivity index (χ1n) is 5.24. The van der Waals surface area contributed by atoms with Gasteiger partial charge < -0.3 is 5.11 Å². The summed E-state index contributed by atoms with van der Waals surface area (Å²) in [4.78, 5) is 25.9. The van der Waals surface area contributed by atoms with Gasteiger partial charge in [-0.3, -0.25) is 9.59 Å². The molecule has 18 heavy (non-hydrogen) atoms. The Bertz CT molecular complexity index is 630. The molecule has 3 nitrogen and oxygen atoms in total. The fraction of sp³-hybridized carbons (Fsp3) is 0.0769. The van der Waals surface area contributed by atoms with Crippen LogP contribution in [0.2, 0.25) is 0 Å². The van der Waals surface area contributed by atoms with Gasteiger partial charge in [-0.1, -0.05) is 6.08 Å². The lowest BCUT2D eigenvalue weighted by Gasteiger charge is -2.08. The number of aliphatic hydroxyl groups excluding tert-OH is 1. The number of ketones is 2. The second kappa shape index (κ2) is 3.98. The third-order valence-corrected chi connectivity index (χ3v) is 4.95. The third-order valence-electron chi connectivity index (χ3n) is 2.83. The summed E-state index contributed by atoms with van der Waals surface area (Å²) in [5.74, 6) is -0.262. The summed E-state index contributed by atoms with van der Waals surface area (Å²) in [6.07, 6.45) is 0.543. The van der Waals surface area contributed by atoms with E-state index in [-0.39, 0.29) is 11.6 Å². The van der Waals surface area contributed by atoms with E-state index in [1.54, 1.807) is 17.5 Å². The summed E-state index contributed by atoms with van der Waals surface area (Å²) >= 11 is 2.44. The fourth-order valence-electron chi connectivity index (χ4n) is 1.92. The van der Waals surface area contributed by atoms with Gasteiger partial charge in [-0.25, -0.2) is 0 Å². The maximum Gasteiger partial charge on any atom is 0.205 e. The first kappa shape index (κ1) is 11.5. The molecule has 0 aliphatic heterocycles. The Labute approximate surface area is 111 Å². The molecule has 1 aliphatic rings. The van der Waals surface area contributed by atoms with Gasteiger partial charge in [0.2, 0.25) is 11.6 Å². The minimum Gasteiger partial charge on any atom is -0.383 e. The van der Waals surface area contributed by atoms with E-state index < -0.39 is 6.10 Å². The maximum atomic E-state index is 12.2. The summed E-state index contributed by atoms with van der Waals surface area (Å²) < 4.78 is 0. The molecular weight excluding hydrogens is 268 g/mol. The van der Waals surface area contributed by atoms with Gasteiger partial charge in [0.25, 0.3) is 0 Å². The molecule has 5 heteroatoms. The quantitative estimate of drug-likeness (QED) is 0.732. The number of fused-ring (bicyclic) bond motifs is 2. The van der Waals surface area contributed by atoms with Crippen molar-refractivity contribution in [3.63, 3.8) is 0 Å². The molecule has 1 atom stereocenters. The second-order valence-electron chi connectivity index (χ2n) is 3.89. The van der Waals surface area contributed by atoms with Crippen LogP contribution in [0.5, 0.6) is 0 Å². The predicted octanol–water partition coefficient (Wildman–Crippen LogP) is 2.80. The van der Waals surface area contributed by atoms with Crippen LogP contribution in [0.15, 0.2) is 30.2 Å². The molecule has 1 unspecified atom stereocenters. The first-order chi connectivity index (χ1) is 8.63. The van der Waals surface area contributed by atoms with Gasteiger partial charge in [-0.2, -0.15) is 0 Å². The number of aliphatic hydroxyl groups is 1. The van der Waals surface area contributed by atoms with Crippen molar-refractivity contribution in [2.45, 2.75) is 6.10 Å². The Hall–Kier alpha value is -1.56. The van der Waals surface area contributed by atoms with E-state index in [1.807, 2.05) is 0 Å². The standard InChI is InChI=1S/C13H8O3S2/c1-2-8(14)9-5-7-11(16)12-6(3-4-17-12)10(15)13(7)18-9/h2-5,8,14H,1H2. The van der Waals surface area contributed by atoms with Gasteiger partial charge in [-0.15, -0.1) is 29.3 Å². The van der Waals surface area contributed by atoms with E-state index in [0.29, 0.717) is 25.8 Å². The average molecular weight is 276 g/mol. The highest BCUT2D eigenvalue weighted by molar-refractivity contribution is 7.16. The van der Waals surface area contributed by atoms with Crippen molar-refractivity contribution in [1.82, 2.24) is 0 Å². The molecule has 1 aliphatic carbocycles. The highest BCUT2D eigenvalue weighted by atomic mass is 32.1. The van der Waals surface area contributed by atoms with Crippen molar-refractivity contribution >= 4 is 34.2 Å². The molecule has 0 radical (unpaired) electrons. The molecule has 90 valence electrons. The molecule has 0 saturated heterocycles. The second-order valence-corrected chi connectivity index (χ2v) is 5.89. The lowest BCUT2D eigenvalue weighted by Crippen LogP contribution is -2.15. The van der Waals surface area contributed by atoms with Gasteiger partial charge in [0.15, 0.2) is 0 Å². The minimum absolute atomic E-state index is 0.131. The highest BCUT2D eigenvalue weighted by Gasteiger charge is 2.33. The lowest BCUT2D eigenvalue weighted by molar-refractivity contribution is 0.0986. The largest absolute Gasteiger partial charge is 0.383 e. The topological polar surface area (TPSA) is 54.4 Å². The van der Waals surface area contributed by atoms with Crippen molar-refractivity contribution in [2.24, 2.45) is 0 Å². The van der Waals surface area contributed by atoms with E-state index in [4.69, 9.17) is 0 Å². The predicted molar refractivity (Wildman–Crippen MR) is 70.7 cm³/mol. The van der Waals surface area contributed by atoms with Gasteiger partial charge in [0.1, 0.15) is 6.10 Å². The van der Waals surface area contributed by atoms with Crippen LogP contribution in [-0.4, -0.2) is 16.7 Å². The molecular formula is C13H8O3S2. The monoisotopic (exact) mass is 276 g/mol. The van der Waals surface area contributed by atoms with Crippen molar-refractivity contribution in [2.75, 3.05) is 0 Å². The first-order valence-corrected chi connectivity index (χ1v) is 6.94. The molecule has 0 saturated carbocycles. The molecule has 1 N–H and O–H groups in total. The van der Waals surface area contributed by atoms with Gasteiger partial charge in [0.05, 0.1) is 9.75 Å². The molecule has 2 aromatic rings. The normalized spacial score (nSPS) is 15.2. The van der Waals surface area contributed by atoms with Crippen molar-refractivity contribution < 1.29 is 14.7 Å². The van der Waals surface area contributed by atoms with Crippen LogP contribution in [0.4, 0.5) is 0 Å². The SMILES string of the molecule is C=CC(O)c1cc2c(s1)C(=O)c1ccsc1C2=O. The number of carbonyl (C=O) groups is 2. The zero-order valence-electron chi connectivity index (χ0n) is 9.17. The molecule has 0 aromatic carbocycles. The van der Waals surface area contributed by atoms with E-state index >= 15 is 0 Å². The molecule has 0 spiro atoms. The van der Waals surface area contributed by atoms with Crippen LogP contribution in [-0.2, 0) is 0 Å². The number of thiophene rings is 2. The van der Waals surface area contributed by atoms with Gasteiger partial charge >= 0.3 is 0 Å². The molecule has 0 fully saturated rings. The van der Waals surface area contributed by atoms with E-state index in [1.165, 1.54) is 17.4 Å². The number of hydrogen-bond donors (Lipinski definition) is 1. The molecule has 0 amide bonds. The Morgan fingerprint density at radius 3 is 2.67 bits per heavy atom. The zero-order chi connectivity index (χ0) is 12.9. The molecule has 2 heterocycles. The minimum atomic E-state index is -0.834. The molecule has 0 bridgehead atoms. The van der Waals surface area contributed by atoms with Gasteiger partial charge in [-0.05, 0) is 17.5 Å². The van der Waals surface area contributed by atoms with Crippen LogP contribution in [0.25, 0.3) is 0 Å². The van der Waals surface area contributed by atoms with E-state index in [0.717, 1.165) is 11.3 Å². The van der Waals surface area contributed by atoms with Crippen molar-refractivity contribution in [1.29, 1.82) is 0 Å². The Kier molecular flexibility index (Phi) is 2.55. The van der Waals surface area contributed by atoms with Crippen molar-refractivity contribution in [3.8, 4) is 0 Å². The Morgan fingerprint density at radius 2 is 1.94 bits per heavy atom. The van der Waals surface area contributed by atoms with E-state index in [9.17, 15) is 14.7 Å². The molecule has 2 aromatic heterocycles. The summed E-state index contributed by atoms with van der Waals surface area (Å²) in [6.45, 7) is 3.50. The van der Waals surface area contributed by atoms with Crippen LogP contribution >= 0.6 is 22.7 Å². The Morgan fingerprint density at radius 1 is 1.22 bits per heavy atom. The average Bonchev–Trinajstić information content (AvgIpc) is 3.01. The van der Waals surface area contributed by atoms with Crippen LogP contribution in [0, 0.1) is 0 Å². The maximum absolute atomic E-state index is 12.2. The van der Waals surface area contributed by atoms with Crippen LogP contribution in [0.1, 0.15) is 41.5 Å². The third kappa shape index (κ3) is 1.45. The summed E-state index contributed by atoms with van der Waals surface area (Å²) in [7, 11) is 0. The lowest BCUT2D eigenvalue weighted by atomic mass is 9.96. The summed E-state index contributed by atoms with van der Waals surface area (Å²) in [5.41, 5.74) is 0.870. The van der Waals surface area contributed by atoms with Crippen LogP contribution < -0.4 is 0 Å². The fourth-order valence-corrected chi connectivity index (χ4v) is 3.86. The summed E-state index contributed by atoms with van der Waals surface area (Å²) in [5, 5.41) is 11.4. The number of hydrogen-bond acceptors (Lipinski definition) is 5. The highest BCUT2D eigenvalue weighted by Crippen LogP contribution is 2.37. The van der Waals surface area contributed by atoms with Crippen LogP contribution in [0.3, 0.4) is 0 Å². The van der Waals surface area contributed by atoms with Crippen molar-refractivity contribution in [3.05, 3.63) is 55.9 Å². The smallest absolute Gasteiger partial charge is 0.205 e. The number of rotatable bonds is 2. The number of carbonyl (C=O) groups excluding carboxylic acids is 2. The zero-order valence-corrected chi connectivity index (χ0v) is 10.8. The molecule has 3 rings (SSSR count).